The molecule has 0 aliphatic rings. The van der Waals surface area contributed by atoms with E-state index in [1.807, 2.05) is 0 Å². The summed E-state index contributed by atoms with van der Waals surface area (Å²) in [6.07, 6.45) is 0. The number of hydrogen-bond donors (Lipinski definition) is 3. The maximum absolute atomic E-state index is 9.26. The molecule has 0 aromatic rings. The average Bonchev–Trinajstić information content (AvgIpc) is 1.62. The predicted octanol–water partition coefficient (Wildman–Crippen LogP) is -1.67. The van der Waals surface area contributed by atoms with Gasteiger partial charge in [0.1, 0.15) is 0 Å². The van der Waals surface area contributed by atoms with E-state index in [1.54, 1.807) is 0 Å². The van der Waals surface area contributed by atoms with Crippen LogP contribution in [-0.2, 0) is 31.7 Å². The van der Waals surface area contributed by atoms with E-state index in [1.165, 1.54) is 0 Å². The molecule has 0 bridgehead atoms. The van der Waals surface area contributed by atoms with Gasteiger partial charge in [0.2, 0.25) is 0 Å². The molecule has 10 heteroatoms. The Kier molecular flexibility index (Phi) is 21.3. The minimum atomic E-state index is -2.61. The molecule has 0 saturated carbocycles. The summed E-state index contributed by atoms with van der Waals surface area (Å²) in [5.41, 5.74) is 0. The summed E-state index contributed by atoms with van der Waals surface area (Å²) in [4.78, 5) is 9.04. The molecule has 0 rings (SSSR count). The quantitative estimate of drug-likeness (QED) is 0.286. The third-order valence-corrected chi connectivity index (χ3v) is 0.365. The summed E-state index contributed by atoms with van der Waals surface area (Å²) in [7, 11) is 0. The van der Waals surface area contributed by atoms with E-state index < -0.39 is 22.7 Å². The van der Waals surface area contributed by atoms with E-state index in [0.717, 1.165) is 0 Å². The van der Waals surface area contributed by atoms with Crippen molar-refractivity contribution in [3.8, 4) is 0 Å². The molecule has 0 aliphatic heterocycles. The second kappa shape index (κ2) is 13.3. The van der Waals surface area contributed by atoms with E-state index in [0.29, 0.717) is 0 Å². The first-order valence-electron chi connectivity index (χ1n) is 1.52. The van der Waals surface area contributed by atoms with Crippen LogP contribution in [0.15, 0.2) is 0 Å². The van der Waals surface area contributed by atoms with Crippen molar-refractivity contribution in [3.63, 3.8) is 0 Å². The minimum absolute atomic E-state index is 0. The molecule has 0 fully saturated rings. The van der Waals surface area contributed by atoms with Gasteiger partial charge in [-0.15, -0.1) is 0 Å². The molecule has 0 aromatic heterocycles. The second-order valence-corrected chi connectivity index (χ2v) is 1.73. The first kappa shape index (κ1) is 17.7. The molecular weight excluding hydrogens is 211 g/mol. The Balaban J connectivity index is -0.000000114. The zero-order valence-electron chi connectivity index (χ0n) is 4.37. The Bertz CT molecular complexity index is 130. The molecule has 64 valence electrons. The van der Waals surface area contributed by atoms with E-state index in [4.69, 9.17) is 22.7 Å². The third-order valence-electron chi connectivity index (χ3n) is 0.122. The van der Waals surface area contributed by atoms with Crippen LogP contribution in [0.3, 0.4) is 0 Å². The Hall–Kier alpha value is 0.650. The van der Waals surface area contributed by atoms with Gasteiger partial charge in [0, 0.05) is 0 Å². The fourth-order valence-corrected chi connectivity index (χ4v) is 0.101. The molecule has 0 spiro atoms. The van der Waals surface area contributed by atoms with Crippen LogP contribution in [0.4, 0.5) is 0 Å². The Morgan fingerprint density at radius 1 is 1.18 bits per heavy atom. The van der Waals surface area contributed by atoms with Crippen LogP contribution < -0.4 is 0 Å². The monoisotopic (exact) mass is 216 g/mol. The van der Waals surface area contributed by atoms with Crippen LogP contribution in [0.1, 0.15) is 0 Å². The van der Waals surface area contributed by atoms with Crippen LogP contribution in [0.2, 0.25) is 0 Å². The van der Waals surface area contributed by atoms with Crippen molar-refractivity contribution in [2.45, 2.75) is 0 Å². The van der Waals surface area contributed by atoms with Gasteiger partial charge in [-0.3, -0.25) is 18.5 Å². The van der Waals surface area contributed by atoms with Crippen molar-refractivity contribution >= 4 is 58.8 Å². The molecule has 7 nitrogen and oxygen atoms in total. The van der Waals surface area contributed by atoms with Gasteiger partial charge in [0.15, 0.2) is 0 Å². The van der Waals surface area contributed by atoms with E-state index in [9.17, 15) is 4.21 Å². The van der Waals surface area contributed by atoms with E-state index in [-0.39, 0.29) is 36.0 Å². The fourth-order valence-electron chi connectivity index (χ4n) is 0.0336. The van der Waals surface area contributed by atoms with Crippen LogP contribution in [0, 0.1) is 0 Å². The SMILES string of the molecule is O=COS(=O)O.O=S(O)O.[NaH]. The van der Waals surface area contributed by atoms with E-state index >= 15 is 0 Å². The summed E-state index contributed by atoms with van der Waals surface area (Å²) in [5, 5.41) is 0. The zero-order chi connectivity index (χ0) is 8.57. The predicted molar refractivity (Wildman–Crippen MR) is 38.5 cm³/mol. The van der Waals surface area contributed by atoms with Gasteiger partial charge in [-0.05, 0) is 0 Å². The van der Waals surface area contributed by atoms with Crippen molar-refractivity contribution in [3.05, 3.63) is 0 Å². The van der Waals surface area contributed by atoms with Crippen LogP contribution in [-0.4, -0.2) is 58.1 Å². The average molecular weight is 216 g/mol. The van der Waals surface area contributed by atoms with Gasteiger partial charge in [0.25, 0.3) is 11.4 Å². The van der Waals surface area contributed by atoms with Gasteiger partial charge in [-0.1, -0.05) is 0 Å². The van der Waals surface area contributed by atoms with Crippen LogP contribution in [0.5, 0.6) is 0 Å². The van der Waals surface area contributed by atoms with Gasteiger partial charge >= 0.3 is 47.4 Å². The number of rotatable bonds is 2. The molecule has 0 saturated heterocycles. The van der Waals surface area contributed by atoms with Crippen molar-refractivity contribution in [2.24, 2.45) is 0 Å². The maximum atomic E-state index is 9.26. The molecule has 0 aliphatic carbocycles. The molecule has 3 N–H and O–H groups in total. The molecule has 0 heterocycles. The van der Waals surface area contributed by atoms with Crippen molar-refractivity contribution in [2.75, 3.05) is 0 Å². The fraction of sp³-hybridized carbons (Fsp3) is 0. The first-order valence-corrected chi connectivity index (χ1v) is 3.61. The normalized spacial score (nSPS) is 10.2. The van der Waals surface area contributed by atoms with E-state index in [2.05, 4.69) is 4.18 Å². The van der Waals surface area contributed by atoms with Gasteiger partial charge in [-0.25, -0.2) is 0 Å². The molecule has 0 amide bonds. The van der Waals surface area contributed by atoms with Gasteiger partial charge in [-0.2, -0.15) is 8.42 Å². The Morgan fingerprint density at radius 3 is 1.45 bits per heavy atom. The van der Waals surface area contributed by atoms with Gasteiger partial charge in [0.05, 0.1) is 0 Å². The first-order chi connectivity index (χ1) is 4.50. The molecule has 1 atom stereocenters. The summed E-state index contributed by atoms with van der Waals surface area (Å²) in [6.45, 7) is -0.101. The van der Waals surface area contributed by atoms with Crippen molar-refractivity contribution in [1.29, 1.82) is 0 Å². The molecular formula is CH5NaO7S2. The standard InChI is InChI=1S/CH2O4S.Na.H2O3S.H/c2-1-5-6(3)4;;1-4(2)3;/h1H,(H,3,4);;(H2,1,2,3);. The Morgan fingerprint density at radius 2 is 1.45 bits per heavy atom. The number of carbonyl (C=O) groups is 1. The summed E-state index contributed by atoms with van der Waals surface area (Å²) in [5.74, 6) is 0. The van der Waals surface area contributed by atoms with Crippen molar-refractivity contribution < 1.29 is 31.1 Å². The molecule has 11 heavy (non-hydrogen) atoms. The van der Waals surface area contributed by atoms with Crippen molar-refractivity contribution in [1.82, 2.24) is 0 Å². The Labute approximate surface area is 89.4 Å². The zero-order valence-corrected chi connectivity index (χ0v) is 6.00. The summed E-state index contributed by atoms with van der Waals surface area (Å²) < 4.78 is 43.1. The summed E-state index contributed by atoms with van der Waals surface area (Å²) in [6, 6.07) is 0. The number of hydrogen-bond acceptors (Lipinski definition) is 4. The molecule has 1 unspecified atom stereocenters. The van der Waals surface area contributed by atoms with Gasteiger partial charge < -0.3 is 4.18 Å². The number of carbonyl (C=O) groups excluding carboxylic acids is 1. The van der Waals surface area contributed by atoms with Crippen LogP contribution >= 0.6 is 0 Å². The second-order valence-electron chi connectivity index (χ2n) is 0.640. The third kappa shape index (κ3) is 59.8. The topological polar surface area (TPSA) is 121 Å². The summed E-state index contributed by atoms with van der Waals surface area (Å²) >= 11 is -5.04. The molecule has 0 radical (unpaired) electrons. The molecule has 0 aromatic carbocycles. The van der Waals surface area contributed by atoms with Crippen LogP contribution in [0.25, 0.3) is 0 Å².